The van der Waals surface area contributed by atoms with E-state index in [1.54, 1.807) is 6.07 Å². The number of carbonyl (C=O) groups is 1. The van der Waals surface area contributed by atoms with E-state index in [1.165, 1.54) is 0 Å². The molecule has 2 aromatic carbocycles. The molecule has 3 aromatic rings. The summed E-state index contributed by atoms with van der Waals surface area (Å²) in [6.07, 6.45) is 0. The van der Waals surface area contributed by atoms with Crippen LogP contribution in [0.3, 0.4) is 0 Å². The van der Waals surface area contributed by atoms with Gasteiger partial charge in [-0.15, -0.1) is 0 Å². The maximum absolute atomic E-state index is 11.5. The lowest BCUT2D eigenvalue weighted by Gasteiger charge is -2.12. The number of halogens is 1. The molecule has 3 nitrogen and oxygen atoms in total. The Labute approximate surface area is 142 Å². The summed E-state index contributed by atoms with van der Waals surface area (Å²) in [5, 5.41) is 9.44. The van der Waals surface area contributed by atoms with Crippen LogP contribution in [0.15, 0.2) is 60.7 Å². The first kappa shape index (κ1) is 14.8. The summed E-state index contributed by atoms with van der Waals surface area (Å²) >= 11 is 2.26. The normalized spacial score (nSPS) is 10.6. The van der Waals surface area contributed by atoms with E-state index in [1.807, 2.05) is 66.1 Å². The molecule has 0 saturated carbocycles. The first-order chi connectivity index (χ1) is 10.6. The van der Waals surface area contributed by atoms with Gasteiger partial charge in [0.05, 0.1) is 11.3 Å². The predicted molar refractivity (Wildman–Crippen MR) is 95.6 cm³/mol. The number of benzene rings is 2. The number of aromatic nitrogens is 1. The predicted octanol–water partition coefficient (Wildman–Crippen LogP) is 4.76. The Morgan fingerprint density at radius 1 is 1.05 bits per heavy atom. The van der Waals surface area contributed by atoms with Crippen LogP contribution in [0.2, 0.25) is 0 Å². The number of hydrogen-bond acceptors (Lipinski definition) is 1. The highest BCUT2D eigenvalue weighted by Crippen LogP contribution is 2.30. The lowest BCUT2D eigenvalue weighted by atomic mass is 10.1. The van der Waals surface area contributed by atoms with E-state index in [9.17, 15) is 9.90 Å². The standard InChI is InChI=1S/C18H14INO2/c1-12-16(18(21)22)11-17(13-6-3-2-4-7-13)20(12)15-9-5-8-14(19)10-15/h2-11H,1H3,(H,21,22). The molecule has 1 heterocycles. The molecule has 0 atom stereocenters. The Kier molecular flexibility index (Phi) is 4.02. The van der Waals surface area contributed by atoms with Crippen molar-refractivity contribution in [3.8, 4) is 16.9 Å². The molecule has 0 aliphatic heterocycles. The third-order valence-corrected chi connectivity index (χ3v) is 4.28. The van der Waals surface area contributed by atoms with Crippen molar-refractivity contribution in [1.82, 2.24) is 4.57 Å². The van der Waals surface area contributed by atoms with Crippen LogP contribution >= 0.6 is 22.6 Å². The zero-order chi connectivity index (χ0) is 15.7. The number of carboxylic acids is 1. The third-order valence-electron chi connectivity index (χ3n) is 3.61. The molecule has 0 amide bonds. The summed E-state index contributed by atoms with van der Waals surface area (Å²) in [6.45, 7) is 1.84. The molecular weight excluding hydrogens is 389 g/mol. The van der Waals surface area contributed by atoms with Gasteiger partial charge in [-0.2, -0.15) is 0 Å². The third kappa shape index (κ3) is 2.66. The molecule has 1 N–H and O–H groups in total. The zero-order valence-corrected chi connectivity index (χ0v) is 14.1. The molecule has 0 spiro atoms. The fraction of sp³-hybridized carbons (Fsp3) is 0.0556. The van der Waals surface area contributed by atoms with Crippen LogP contribution in [0.5, 0.6) is 0 Å². The van der Waals surface area contributed by atoms with Gasteiger partial charge in [-0.05, 0) is 59.3 Å². The second kappa shape index (κ2) is 5.96. The van der Waals surface area contributed by atoms with Crippen LogP contribution in [0.25, 0.3) is 16.9 Å². The lowest BCUT2D eigenvalue weighted by Crippen LogP contribution is -2.02. The minimum atomic E-state index is -0.904. The van der Waals surface area contributed by atoms with Crippen molar-refractivity contribution in [2.75, 3.05) is 0 Å². The summed E-state index contributed by atoms with van der Waals surface area (Å²) in [5.74, 6) is -0.904. The second-order valence-corrected chi connectivity index (χ2v) is 6.26. The first-order valence-electron chi connectivity index (χ1n) is 6.85. The Balaban J connectivity index is 2.30. The molecule has 1 aromatic heterocycles. The quantitative estimate of drug-likeness (QED) is 0.641. The number of aromatic carboxylic acids is 1. The Morgan fingerprint density at radius 2 is 1.77 bits per heavy atom. The molecule has 0 unspecified atom stereocenters. The van der Waals surface area contributed by atoms with Gasteiger partial charge in [-0.1, -0.05) is 36.4 Å². The van der Waals surface area contributed by atoms with E-state index < -0.39 is 5.97 Å². The SMILES string of the molecule is Cc1c(C(=O)O)cc(-c2ccccc2)n1-c1cccc(I)c1. The minimum absolute atomic E-state index is 0.331. The molecule has 22 heavy (non-hydrogen) atoms. The highest BCUT2D eigenvalue weighted by Gasteiger charge is 2.18. The van der Waals surface area contributed by atoms with Crippen LogP contribution in [-0.4, -0.2) is 15.6 Å². The molecule has 0 aliphatic rings. The largest absolute Gasteiger partial charge is 0.478 e. The Morgan fingerprint density at radius 3 is 2.41 bits per heavy atom. The smallest absolute Gasteiger partial charge is 0.337 e. The summed E-state index contributed by atoms with van der Waals surface area (Å²) in [4.78, 5) is 11.5. The van der Waals surface area contributed by atoms with Crippen molar-refractivity contribution in [1.29, 1.82) is 0 Å². The van der Waals surface area contributed by atoms with Crippen molar-refractivity contribution in [3.63, 3.8) is 0 Å². The van der Waals surface area contributed by atoms with Gasteiger partial charge in [0.2, 0.25) is 0 Å². The van der Waals surface area contributed by atoms with Gasteiger partial charge < -0.3 is 9.67 Å². The Bertz CT molecular complexity index is 838. The van der Waals surface area contributed by atoms with E-state index in [0.29, 0.717) is 5.56 Å². The topological polar surface area (TPSA) is 42.2 Å². The molecule has 0 aliphatic carbocycles. The van der Waals surface area contributed by atoms with Crippen molar-refractivity contribution in [2.24, 2.45) is 0 Å². The van der Waals surface area contributed by atoms with Gasteiger partial charge in [0.25, 0.3) is 0 Å². The van der Waals surface area contributed by atoms with Crippen LogP contribution in [0.1, 0.15) is 16.1 Å². The first-order valence-corrected chi connectivity index (χ1v) is 7.93. The zero-order valence-electron chi connectivity index (χ0n) is 12.0. The lowest BCUT2D eigenvalue weighted by molar-refractivity contribution is 0.0696. The molecule has 3 rings (SSSR count). The van der Waals surface area contributed by atoms with E-state index in [2.05, 4.69) is 22.6 Å². The highest BCUT2D eigenvalue weighted by atomic mass is 127. The van der Waals surface area contributed by atoms with Gasteiger partial charge >= 0.3 is 5.97 Å². The number of hydrogen-bond donors (Lipinski definition) is 1. The summed E-state index contributed by atoms with van der Waals surface area (Å²) < 4.78 is 3.11. The highest BCUT2D eigenvalue weighted by molar-refractivity contribution is 14.1. The molecular formula is C18H14INO2. The van der Waals surface area contributed by atoms with Crippen molar-refractivity contribution < 1.29 is 9.90 Å². The van der Waals surface area contributed by atoms with Crippen molar-refractivity contribution in [2.45, 2.75) is 6.92 Å². The van der Waals surface area contributed by atoms with Crippen molar-refractivity contribution >= 4 is 28.6 Å². The maximum Gasteiger partial charge on any atom is 0.337 e. The number of nitrogens with zero attached hydrogens (tertiary/aromatic N) is 1. The molecule has 4 heteroatoms. The van der Waals surface area contributed by atoms with Gasteiger partial charge in [0, 0.05) is 15.0 Å². The van der Waals surface area contributed by atoms with Crippen LogP contribution in [-0.2, 0) is 0 Å². The van der Waals surface area contributed by atoms with E-state index >= 15 is 0 Å². The van der Waals surface area contributed by atoms with Crippen LogP contribution in [0.4, 0.5) is 0 Å². The van der Waals surface area contributed by atoms with E-state index in [4.69, 9.17) is 0 Å². The number of rotatable bonds is 3. The van der Waals surface area contributed by atoms with Crippen LogP contribution in [0, 0.1) is 10.5 Å². The number of carboxylic acid groups (broad SMARTS) is 1. The fourth-order valence-corrected chi connectivity index (χ4v) is 3.12. The molecule has 0 radical (unpaired) electrons. The second-order valence-electron chi connectivity index (χ2n) is 5.02. The van der Waals surface area contributed by atoms with Crippen LogP contribution < -0.4 is 0 Å². The van der Waals surface area contributed by atoms with Crippen molar-refractivity contribution in [3.05, 3.63) is 75.5 Å². The molecule has 110 valence electrons. The molecule has 0 fully saturated rings. The average Bonchev–Trinajstić information content (AvgIpc) is 2.86. The maximum atomic E-state index is 11.5. The summed E-state index contributed by atoms with van der Waals surface area (Å²) in [5.41, 5.74) is 3.91. The Hall–Kier alpha value is -2.08. The molecule has 0 bridgehead atoms. The van der Waals surface area contributed by atoms with Gasteiger partial charge in [-0.25, -0.2) is 4.79 Å². The monoisotopic (exact) mass is 403 g/mol. The molecule has 0 saturated heterocycles. The van der Waals surface area contributed by atoms with Gasteiger partial charge in [0.1, 0.15) is 0 Å². The average molecular weight is 403 g/mol. The summed E-state index contributed by atoms with van der Waals surface area (Å²) in [6, 6.07) is 19.6. The summed E-state index contributed by atoms with van der Waals surface area (Å²) in [7, 11) is 0. The van der Waals surface area contributed by atoms with E-state index in [0.717, 1.165) is 26.2 Å². The minimum Gasteiger partial charge on any atom is -0.478 e. The van der Waals surface area contributed by atoms with E-state index in [-0.39, 0.29) is 0 Å². The fourth-order valence-electron chi connectivity index (χ4n) is 2.59. The van der Waals surface area contributed by atoms with Gasteiger partial charge in [-0.3, -0.25) is 0 Å². The van der Waals surface area contributed by atoms with Gasteiger partial charge in [0.15, 0.2) is 0 Å².